The van der Waals surface area contributed by atoms with Gasteiger partial charge in [-0.05, 0) is 68.3 Å². The summed E-state index contributed by atoms with van der Waals surface area (Å²) >= 11 is 0. The second-order valence-corrected chi connectivity index (χ2v) is 9.24. The van der Waals surface area contributed by atoms with Crippen LogP contribution in [0.3, 0.4) is 0 Å². The SMILES string of the molecule is Cc1ccccc1CN1CCC(CN(CC2CCCO2)C(=O)Cc2ccccc2)CC1. The minimum Gasteiger partial charge on any atom is -0.376 e. The highest BCUT2D eigenvalue weighted by Crippen LogP contribution is 2.23. The predicted octanol–water partition coefficient (Wildman–Crippen LogP) is 4.46. The van der Waals surface area contributed by atoms with Gasteiger partial charge in [0.05, 0.1) is 12.5 Å². The van der Waals surface area contributed by atoms with Gasteiger partial charge in [0.25, 0.3) is 0 Å². The van der Waals surface area contributed by atoms with Crippen molar-refractivity contribution >= 4 is 5.91 Å². The predicted molar refractivity (Wildman–Crippen MR) is 125 cm³/mol. The third-order valence-electron chi connectivity index (χ3n) is 6.84. The van der Waals surface area contributed by atoms with Gasteiger partial charge in [-0.2, -0.15) is 0 Å². The lowest BCUT2D eigenvalue weighted by Gasteiger charge is -2.36. The van der Waals surface area contributed by atoms with Gasteiger partial charge < -0.3 is 9.64 Å². The van der Waals surface area contributed by atoms with E-state index < -0.39 is 0 Å². The number of hydrogen-bond acceptors (Lipinski definition) is 3. The van der Waals surface area contributed by atoms with E-state index in [-0.39, 0.29) is 12.0 Å². The molecule has 2 saturated heterocycles. The van der Waals surface area contributed by atoms with Gasteiger partial charge in [0.1, 0.15) is 0 Å². The number of carbonyl (C=O) groups excluding carboxylic acids is 1. The molecule has 0 spiro atoms. The lowest BCUT2D eigenvalue weighted by Crippen LogP contribution is -2.44. The van der Waals surface area contributed by atoms with E-state index in [2.05, 4.69) is 41.0 Å². The summed E-state index contributed by atoms with van der Waals surface area (Å²) in [6.07, 6.45) is 5.20. The second kappa shape index (κ2) is 10.9. The fourth-order valence-electron chi connectivity index (χ4n) is 4.86. The zero-order valence-electron chi connectivity index (χ0n) is 18.8. The van der Waals surface area contributed by atoms with Gasteiger partial charge in [0.15, 0.2) is 0 Å². The highest BCUT2D eigenvalue weighted by Gasteiger charge is 2.27. The molecular weight excluding hydrogens is 384 g/mol. The molecule has 4 heteroatoms. The quantitative estimate of drug-likeness (QED) is 0.632. The molecule has 2 aliphatic rings. The fourth-order valence-corrected chi connectivity index (χ4v) is 4.86. The topological polar surface area (TPSA) is 32.8 Å². The van der Waals surface area contributed by atoms with E-state index in [4.69, 9.17) is 4.74 Å². The maximum Gasteiger partial charge on any atom is 0.227 e. The molecule has 4 nitrogen and oxygen atoms in total. The Morgan fingerprint density at radius 1 is 1.00 bits per heavy atom. The Bertz CT molecular complexity index is 824. The highest BCUT2D eigenvalue weighted by atomic mass is 16.5. The molecule has 2 aliphatic heterocycles. The maximum atomic E-state index is 13.2. The molecule has 0 radical (unpaired) electrons. The molecule has 0 N–H and O–H groups in total. The Hall–Kier alpha value is -2.17. The standard InChI is InChI=1S/C27H36N2O2/c1-22-8-5-6-11-25(22)20-28-15-13-24(14-16-28)19-29(21-26-12-7-17-31-26)27(30)18-23-9-3-2-4-10-23/h2-6,8-11,24,26H,7,12-21H2,1H3. The third-order valence-corrected chi connectivity index (χ3v) is 6.84. The van der Waals surface area contributed by atoms with Crippen LogP contribution in [-0.4, -0.2) is 54.6 Å². The first-order valence-electron chi connectivity index (χ1n) is 11.9. The zero-order valence-corrected chi connectivity index (χ0v) is 18.8. The van der Waals surface area contributed by atoms with Crippen molar-refractivity contribution in [1.82, 2.24) is 9.80 Å². The van der Waals surface area contributed by atoms with Crippen molar-refractivity contribution in [2.45, 2.75) is 51.7 Å². The van der Waals surface area contributed by atoms with Gasteiger partial charge in [-0.1, -0.05) is 54.6 Å². The minimum absolute atomic E-state index is 0.209. The third kappa shape index (κ3) is 6.41. The Labute approximate surface area is 187 Å². The van der Waals surface area contributed by atoms with Crippen LogP contribution in [0.4, 0.5) is 0 Å². The molecule has 2 fully saturated rings. The molecule has 1 unspecified atom stereocenters. The molecule has 1 amide bonds. The average molecular weight is 421 g/mol. The van der Waals surface area contributed by atoms with Crippen molar-refractivity contribution in [3.8, 4) is 0 Å². The molecule has 0 saturated carbocycles. The van der Waals surface area contributed by atoms with Crippen LogP contribution in [0, 0.1) is 12.8 Å². The van der Waals surface area contributed by atoms with Crippen LogP contribution < -0.4 is 0 Å². The van der Waals surface area contributed by atoms with Gasteiger partial charge in [-0.25, -0.2) is 0 Å². The lowest BCUT2D eigenvalue weighted by atomic mass is 9.95. The van der Waals surface area contributed by atoms with Crippen LogP contribution in [0.15, 0.2) is 54.6 Å². The monoisotopic (exact) mass is 420 g/mol. The molecular formula is C27H36N2O2. The van der Waals surface area contributed by atoms with E-state index in [0.717, 1.165) is 70.6 Å². The van der Waals surface area contributed by atoms with Crippen molar-refractivity contribution in [1.29, 1.82) is 0 Å². The van der Waals surface area contributed by atoms with E-state index >= 15 is 0 Å². The number of aryl methyl sites for hydroxylation is 1. The molecule has 2 aromatic rings. The van der Waals surface area contributed by atoms with E-state index in [1.807, 2.05) is 30.3 Å². The Morgan fingerprint density at radius 3 is 2.45 bits per heavy atom. The molecule has 0 aromatic heterocycles. The normalized spacial score (nSPS) is 20.1. The summed E-state index contributed by atoms with van der Waals surface area (Å²) in [5, 5.41) is 0. The van der Waals surface area contributed by atoms with E-state index in [0.29, 0.717) is 12.3 Å². The number of rotatable bonds is 8. The van der Waals surface area contributed by atoms with Crippen LogP contribution in [0.2, 0.25) is 0 Å². The molecule has 1 atom stereocenters. The van der Waals surface area contributed by atoms with Crippen molar-refractivity contribution in [2.75, 3.05) is 32.8 Å². The second-order valence-electron chi connectivity index (χ2n) is 9.24. The molecule has 0 bridgehead atoms. The van der Waals surface area contributed by atoms with Gasteiger partial charge >= 0.3 is 0 Å². The van der Waals surface area contributed by atoms with Gasteiger partial charge in [0.2, 0.25) is 5.91 Å². The van der Waals surface area contributed by atoms with Gasteiger partial charge in [-0.3, -0.25) is 9.69 Å². The largest absolute Gasteiger partial charge is 0.376 e. The number of ether oxygens (including phenoxy) is 1. The summed E-state index contributed by atoms with van der Waals surface area (Å²) in [7, 11) is 0. The molecule has 2 heterocycles. The van der Waals surface area contributed by atoms with Crippen LogP contribution in [-0.2, 0) is 22.5 Å². The number of amides is 1. The van der Waals surface area contributed by atoms with E-state index in [9.17, 15) is 4.79 Å². The Morgan fingerprint density at radius 2 is 1.74 bits per heavy atom. The molecule has 166 valence electrons. The van der Waals surface area contributed by atoms with Crippen molar-refractivity contribution < 1.29 is 9.53 Å². The van der Waals surface area contributed by atoms with E-state index in [1.165, 1.54) is 11.1 Å². The number of piperidine rings is 1. The van der Waals surface area contributed by atoms with Crippen molar-refractivity contribution in [3.05, 3.63) is 71.3 Å². The first-order chi connectivity index (χ1) is 15.2. The average Bonchev–Trinajstić information content (AvgIpc) is 3.30. The summed E-state index contributed by atoms with van der Waals surface area (Å²) < 4.78 is 5.87. The summed E-state index contributed by atoms with van der Waals surface area (Å²) in [5.41, 5.74) is 3.90. The van der Waals surface area contributed by atoms with Crippen LogP contribution >= 0.6 is 0 Å². The Kier molecular flexibility index (Phi) is 7.76. The molecule has 4 rings (SSSR count). The van der Waals surface area contributed by atoms with Crippen LogP contribution in [0.1, 0.15) is 42.4 Å². The number of benzene rings is 2. The van der Waals surface area contributed by atoms with Gasteiger partial charge in [0, 0.05) is 26.2 Å². The number of nitrogens with zero attached hydrogens (tertiary/aromatic N) is 2. The molecule has 0 aliphatic carbocycles. The number of hydrogen-bond donors (Lipinski definition) is 0. The first-order valence-corrected chi connectivity index (χ1v) is 11.9. The summed E-state index contributed by atoms with van der Waals surface area (Å²) in [4.78, 5) is 17.8. The maximum absolute atomic E-state index is 13.2. The number of carbonyl (C=O) groups is 1. The van der Waals surface area contributed by atoms with E-state index in [1.54, 1.807) is 0 Å². The molecule has 2 aromatic carbocycles. The number of likely N-dealkylation sites (tertiary alicyclic amines) is 1. The smallest absolute Gasteiger partial charge is 0.227 e. The lowest BCUT2D eigenvalue weighted by molar-refractivity contribution is -0.133. The fraction of sp³-hybridized carbons (Fsp3) is 0.519. The Balaban J connectivity index is 1.32. The van der Waals surface area contributed by atoms with Crippen LogP contribution in [0.5, 0.6) is 0 Å². The summed E-state index contributed by atoms with van der Waals surface area (Å²) in [6.45, 7) is 7.90. The molecule has 31 heavy (non-hydrogen) atoms. The van der Waals surface area contributed by atoms with Crippen LogP contribution in [0.25, 0.3) is 0 Å². The van der Waals surface area contributed by atoms with Crippen molar-refractivity contribution in [3.63, 3.8) is 0 Å². The zero-order chi connectivity index (χ0) is 21.5. The van der Waals surface area contributed by atoms with Gasteiger partial charge in [-0.15, -0.1) is 0 Å². The highest BCUT2D eigenvalue weighted by molar-refractivity contribution is 5.78. The summed E-state index contributed by atoms with van der Waals surface area (Å²) in [5.74, 6) is 0.818. The summed E-state index contributed by atoms with van der Waals surface area (Å²) in [6, 6.07) is 18.8. The first kappa shape index (κ1) is 22.0. The minimum atomic E-state index is 0.209. The van der Waals surface area contributed by atoms with Crippen molar-refractivity contribution in [2.24, 2.45) is 5.92 Å².